The zero-order chi connectivity index (χ0) is 18.7. The molecule has 1 atom stereocenters. The van der Waals surface area contributed by atoms with Gasteiger partial charge in [0.2, 0.25) is 15.9 Å². The second kappa shape index (κ2) is 8.06. The first-order chi connectivity index (χ1) is 12.4. The Hall–Kier alpha value is -1.44. The molecule has 0 unspecified atom stereocenters. The second-order valence-corrected chi connectivity index (χ2v) is 9.27. The first-order valence-electron chi connectivity index (χ1n) is 9.33. The minimum Gasteiger partial charge on any atom is -0.383 e. The molecule has 0 spiro atoms. The molecular weight excluding hydrogens is 352 g/mol. The predicted octanol–water partition coefficient (Wildman–Crippen LogP) is 1.73. The van der Waals surface area contributed by atoms with Gasteiger partial charge in [-0.1, -0.05) is 6.07 Å². The van der Waals surface area contributed by atoms with Crippen LogP contribution in [0.25, 0.3) is 0 Å². The molecule has 0 saturated carbocycles. The van der Waals surface area contributed by atoms with Gasteiger partial charge in [-0.05, 0) is 62.3 Å². The van der Waals surface area contributed by atoms with Crippen LogP contribution in [0.2, 0.25) is 0 Å². The minimum atomic E-state index is -3.48. The smallest absolute Gasteiger partial charge is 0.243 e. The van der Waals surface area contributed by atoms with Gasteiger partial charge >= 0.3 is 0 Å². The van der Waals surface area contributed by atoms with Crippen molar-refractivity contribution in [2.45, 2.75) is 50.0 Å². The Morgan fingerprint density at radius 2 is 1.96 bits per heavy atom. The van der Waals surface area contributed by atoms with E-state index in [-0.39, 0.29) is 17.9 Å². The van der Waals surface area contributed by atoms with Gasteiger partial charge in [0.05, 0.1) is 11.5 Å². The average molecular weight is 381 g/mol. The van der Waals surface area contributed by atoms with Crippen molar-refractivity contribution in [1.82, 2.24) is 9.62 Å². The highest BCUT2D eigenvalue weighted by atomic mass is 32.2. The Morgan fingerprint density at radius 3 is 2.65 bits per heavy atom. The monoisotopic (exact) mass is 380 g/mol. The topological polar surface area (TPSA) is 75.7 Å². The third-order valence-electron chi connectivity index (χ3n) is 5.34. The number of rotatable bonds is 6. The van der Waals surface area contributed by atoms with Gasteiger partial charge in [0.25, 0.3) is 0 Å². The minimum absolute atomic E-state index is 0.0101. The molecule has 1 amide bonds. The van der Waals surface area contributed by atoms with Crippen LogP contribution in [-0.2, 0) is 32.4 Å². The number of carbonyl (C=O) groups is 1. The van der Waals surface area contributed by atoms with Crippen molar-refractivity contribution in [2.24, 2.45) is 5.92 Å². The maximum Gasteiger partial charge on any atom is 0.243 e. The summed E-state index contributed by atoms with van der Waals surface area (Å²) in [5.74, 6) is -0.148. The van der Waals surface area contributed by atoms with E-state index in [9.17, 15) is 13.2 Å². The summed E-state index contributed by atoms with van der Waals surface area (Å²) < 4.78 is 32.4. The third-order valence-corrected chi connectivity index (χ3v) is 7.23. The number of sulfonamides is 1. The Balaban J connectivity index is 1.61. The lowest BCUT2D eigenvalue weighted by Gasteiger charge is -2.31. The SMILES string of the molecule is COC[C@H](C)NC(=O)C1CCN(S(=O)(=O)c2ccc3c(c2)CCC3)CC1. The fourth-order valence-electron chi connectivity index (χ4n) is 3.87. The van der Waals surface area contributed by atoms with Crippen LogP contribution in [0.5, 0.6) is 0 Å². The lowest BCUT2D eigenvalue weighted by Crippen LogP contribution is -2.45. The lowest BCUT2D eigenvalue weighted by molar-refractivity contribution is -0.127. The number of methoxy groups -OCH3 is 1. The number of aryl methyl sites for hydroxylation is 2. The molecular formula is C19H28N2O4S. The van der Waals surface area contributed by atoms with Crippen LogP contribution in [0, 0.1) is 5.92 Å². The van der Waals surface area contributed by atoms with Crippen LogP contribution < -0.4 is 5.32 Å². The van der Waals surface area contributed by atoms with Crippen LogP contribution in [0.1, 0.15) is 37.3 Å². The van der Waals surface area contributed by atoms with Crippen molar-refractivity contribution in [3.63, 3.8) is 0 Å². The highest BCUT2D eigenvalue weighted by molar-refractivity contribution is 7.89. The van der Waals surface area contributed by atoms with E-state index in [4.69, 9.17) is 4.74 Å². The van der Waals surface area contributed by atoms with Crippen LogP contribution in [0.3, 0.4) is 0 Å². The molecule has 7 heteroatoms. The Labute approximate surface area is 156 Å². The van der Waals surface area contributed by atoms with Gasteiger partial charge in [0.1, 0.15) is 0 Å². The van der Waals surface area contributed by atoms with E-state index in [0.29, 0.717) is 37.4 Å². The van der Waals surface area contributed by atoms with E-state index in [1.165, 1.54) is 9.87 Å². The third kappa shape index (κ3) is 4.10. The summed E-state index contributed by atoms with van der Waals surface area (Å²) in [6.07, 6.45) is 4.20. The molecule has 1 aromatic carbocycles. The first kappa shape index (κ1) is 19.3. The van der Waals surface area contributed by atoms with Gasteiger partial charge < -0.3 is 10.1 Å². The summed E-state index contributed by atoms with van der Waals surface area (Å²) in [4.78, 5) is 12.7. The van der Waals surface area contributed by atoms with Gasteiger partial charge in [-0.25, -0.2) is 8.42 Å². The zero-order valence-corrected chi connectivity index (χ0v) is 16.3. The van der Waals surface area contributed by atoms with Crippen LogP contribution in [-0.4, -0.2) is 51.5 Å². The number of ether oxygens (including phenoxy) is 1. The van der Waals surface area contributed by atoms with Crippen molar-refractivity contribution in [3.05, 3.63) is 29.3 Å². The second-order valence-electron chi connectivity index (χ2n) is 7.33. The predicted molar refractivity (Wildman–Crippen MR) is 99.4 cm³/mol. The van der Waals surface area contributed by atoms with Gasteiger partial charge in [0, 0.05) is 32.2 Å². The molecule has 0 bridgehead atoms. The largest absolute Gasteiger partial charge is 0.383 e. The van der Waals surface area contributed by atoms with Crippen molar-refractivity contribution in [1.29, 1.82) is 0 Å². The summed E-state index contributed by atoms with van der Waals surface area (Å²) in [5.41, 5.74) is 2.43. The first-order valence-corrected chi connectivity index (χ1v) is 10.8. The van der Waals surface area contributed by atoms with E-state index >= 15 is 0 Å². The van der Waals surface area contributed by atoms with Gasteiger partial charge in [-0.3, -0.25) is 4.79 Å². The number of piperidine rings is 1. The van der Waals surface area contributed by atoms with E-state index in [2.05, 4.69) is 5.32 Å². The molecule has 1 N–H and O–H groups in total. The molecule has 1 heterocycles. The van der Waals surface area contributed by atoms with Crippen molar-refractivity contribution in [2.75, 3.05) is 26.8 Å². The van der Waals surface area contributed by atoms with Crippen LogP contribution >= 0.6 is 0 Å². The van der Waals surface area contributed by atoms with E-state index in [1.807, 2.05) is 19.1 Å². The van der Waals surface area contributed by atoms with E-state index < -0.39 is 10.0 Å². The molecule has 0 aromatic heterocycles. The van der Waals surface area contributed by atoms with Gasteiger partial charge in [0.15, 0.2) is 0 Å². The van der Waals surface area contributed by atoms with Gasteiger partial charge in [-0.2, -0.15) is 4.31 Å². The Morgan fingerprint density at radius 1 is 1.27 bits per heavy atom. The Bertz CT molecular complexity index is 755. The molecule has 6 nitrogen and oxygen atoms in total. The quantitative estimate of drug-likeness (QED) is 0.815. The number of amides is 1. The maximum absolute atomic E-state index is 12.9. The molecule has 1 aliphatic heterocycles. The Kier molecular flexibility index (Phi) is 5.99. The number of nitrogens with zero attached hydrogens (tertiary/aromatic N) is 1. The normalized spacial score (nSPS) is 19.9. The number of fused-ring (bicyclic) bond motifs is 1. The van der Waals surface area contributed by atoms with Crippen LogP contribution in [0.4, 0.5) is 0 Å². The maximum atomic E-state index is 12.9. The summed E-state index contributed by atoms with van der Waals surface area (Å²) >= 11 is 0. The molecule has 144 valence electrons. The molecule has 2 aliphatic rings. The fourth-order valence-corrected chi connectivity index (χ4v) is 5.39. The van der Waals surface area contributed by atoms with Crippen molar-refractivity contribution < 1.29 is 17.9 Å². The van der Waals surface area contributed by atoms with E-state index in [1.54, 1.807) is 13.2 Å². The molecule has 26 heavy (non-hydrogen) atoms. The summed E-state index contributed by atoms with van der Waals surface area (Å²) in [6, 6.07) is 5.47. The highest BCUT2D eigenvalue weighted by Gasteiger charge is 2.32. The number of nitrogens with one attached hydrogen (secondary N) is 1. The highest BCUT2D eigenvalue weighted by Crippen LogP contribution is 2.28. The number of carbonyl (C=O) groups excluding carboxylic acids is 1. The standard InChI is InChI=1S/C19H28N2O4S/c1-14(13-25-2)20-19(22)16-8-10-21(11-9-16)26(23,24)18-7-6-15-4-3-5-17(15)12-18/h6-7,12,14,16H,3-5,8-11,13H2,1-2H3,(H,20,22)/t14-/m0/s1. The molecule has 1 saturated heterocycles. The summed E-state index contributed by atoms with van der Waals surface area (Å²) in [5, 5.41) is 2.93. The molecule has 3 rings (SSSR count). The number of benzene rings is 1. The lowest BCUT2D eigenvalue weighted by atomic mass is 9.97. The van der Waals surface area contributed by atoms with Crippen LogP contribution in [0.15, 0.2) is 23.1 Å². The number of hydrogen-bond donors (Lipinski definition) is 1. The molecule has 1 fully saturated rings. The molecule has 1 aromatic rings. The summed E-state index contributed by atoms with van der Waals surface area (Å²) in [7, 11) is -1.88. The number of hydrogen-bond acceptors (Lipinski definition) is 4. The van der Waals surface area contributed by atoms with E-state index in [0.717, 1.165) is 24.8 Å². The van der Waals surface area contributed by atoms with Crippen molar-refractivity contribution in [3.8, 4) is 0 Å². The fraction of sp³-hybridized carbons (Fsp3) is 0.632. The molecule has 0 radical (unpaired) electrons. The van der Waals surface area contributed by atoms with Crippen molar-refractivity contribution >= 4 is 15.9 Å². The molecule has 1 aliphatic carbocycles. The average Bonchev–Trinajstić information content (AvgIpc) is 3.09. The van der Waals surface area contributed by atoms with Gasteiger partial charge in [-0.15, -0.1) is 0 Å². The zero-order valence-electron chi connectivity index (χ0n) is 15.5. The summed E-state index contributed by atoms with van der Waals surface area (Å²) in [6.45, 7) is 3.14.